The molecule has 35 heavy (non-hydrogen) atoms. The Morgan fingerprint density at radius 3 is 2.66 bits per heavy atom. The van der Waals surface area contributed by atoms with Crippen molar-refractivity contribution in [3.63, 3.8) is 0 Å². The van der Waals surface area contributed by atoms with Crippen LogP contribution in [-0.4, -0.2) is 37.7 Å². The van der Waals surface area contributed by atoms with Gasteiger partial charge in [0.15, 0.2) is 5.16 Å². The molecule has 1 unspecified atom stereocenters. The van der Waals surface area contributed by atoms with Gasteiger partial charge in [-0.05, 0) is 23.3 Å². The molecule has 1 aliphatic rings. The molecule has 5 aromatic rings. The number of hydrogen-bond acceptors (Lipinski definition) is 7. The molecule has 4 heterocycles. The number of rotatable bonds is 5. The van der Waals surface area contributed by atoms with Crippen molar-refractivity contribution in [3.8, 4) is 5.69 Å². The maximum Gasteiger partial charge on any atom is 0.269 e. The Bertz CT molecular complexity index is 1640. The summed E-state index contributed by atoms with van der Waals surface area (Å²) in [4.78, 5) is 28.0. The second-order valence-corrected chi connectivity index (χ2v) is 10.7. The molecule has 0 spiro atoms. The van der Waals surface area contributed by atoms with Gasteiger partial charge in [-0.25, -0.2) is 8.97 Å². The molecule has 1 aliphatic heterocycles. The van der Waals surface area contributed by atoms with Gasteiger partial charge >= 0.3 is 0 Å². The molecule has 0 saturated heterocycles. The molecule has 2 aromatic carbocycles. The standard InChI is InChI=1S/C24H20N6O3S2/c1-27-12-11-18-19(13-27)35-22-20(18)21(31)28(16-5-3-2-4-6-16)23-25-26-24(29(22)23)34-14-15-7-9-17(10-8-15)30(32)33/h2-10H,11-14H2,1H3/p+1. The van der Waals surface area contributed by atoms with Crippen LogP contribution in [0.15, 0.2) is 64.5 Å². The molecule has 1 N–H and O–H groups in total. The Labute approximate surface area is 207 Å². The number of quaternary nitrogens is 1. The van der Waals surface area contributed by atoms with Crippen LogP contribution in [0.3, 0.4) is 0 Å². The van der Waals surface area contributed by atoms with Crippen LogP contribution in [-0.2, 0) is 18.7 Å². The lowest BCUT2D eigenvalue weighted by atomic mass is 10.1. The maximum absolute atomic E-state index is 13.9. The number of likely N-dealkylation sites (N-methyl/N-ethyl adjacent to an activating group) is 1. The molecule has 0 amide bonds. The van der Waals surface area contributed by atoms with Crippen molar-refractivity contribution in [2.45, 2.75) is 23.9 Å². The third-order valence-electron chi connectivity index (χ3n) is 6.30. The molecule has 0 bridgehead atoms. The number of para-hydroxylation sites is 1. The summed E-state index contributed by atoms with van der Waals surface area (Å²) < 4.78 is 3.65. The number of non-ortho nitro benzene ring substituents is 1. The largest absolute Gasteiger partial charge is 0.333 e. The van der Waals surface area contributed by atoms with E-state index in [1.165, 1.54) is 33.7 Å². The van der Waals surface area contributed by atoms with E-state index < -0.39 is 4.92 Å². The van der Waals surface area contributed by atoms with Gasteiger partial charge in [-0.1, -0.05) is 42.1 Å². The molecule has 6 rings (SSSR count). The Morgan fingerprint density at radius 2 is 1.91 bits per heavy atom. The zero-order valence-corrected chi connectivity index (χ0v) is 20.4. The Hall–Kier alpha value is -3.54. The predicted octanol–water partition coefficient (Wildman–Crippen LogP) is 2.87. The lowest BCUT2D eigenvalue weighted by Crippen LogP contribution is -3.08. The average Bonchev–Trinajstić information content (AvgIpc) is 3.45. The summed E-state index contributed by atoms with van der Waals surface area (Å²) in [6, 6.07) is 16.1. The van der Waals surface area contributed by atoms with E-state index in [-0.39, 0.29) is 11.2 Å². The first-order chi connectivity index (χ1) is 17.0. The number of thioether (sulfide) groups is 1. The second-order valence-electron chi connectivity index (χ2n) is 8.62. The molecule has 0 aliphatic carbocycles. The Balaban J connectivity index is 1.52. The summed E-state index contributed by atoms with van der Waals surface area (Å²) in [7, 11) is 2.18. The van der Waals surface area contributed by atoms with E-state index in [1.54, 1.807) is 28.0 Å². The third-order valence-corrected chi connectivity index (χ3v) is 8.52. The van der Waals surface area contributed by atoms with Crippen molar-refractivity contribution in [2.24, 2.45) is 0 Å². The first-order valence-electron chi connectivity index (χ1n) is 11.2. The second kappa shape index (κ2) is 8.59. The topological polar surface area (TPSA) is 99.8 Å². The summed E-state index contributed by atoms with van der Waals surface area (Å²) in [6.07, 6.45) is 0.865. The van der Waals surface area contributed by atoms with Crippen molar-refractivity contribution in [3.05, 3.63) is 91.1 Å². The molecule has 0 fully saturated rings. The van der Waals surface area contributed by atoms with Crippen molar-refractivity contribution < 1.29 is 9.82 Å². The van der Waals surface area contributed by atoms with Crippen LogP contribution in [0, 0.1) is 10.1 Å². The van der Waals surface area contributed by atoms with Crippen molar-refractivity contribution >= 4 is 44.8 Å². The summed E-state index contributed by atoms with van der Waals surface area (Å²) in [5.41, 5.74) is 2.85. The molecule has 0 radical (unpaired) electrons. The SMILES string of the molecule is C[NH+]1CCc2c(sc3c2c(=O)n(-c2ccccc2)c2nnc(SCc4ccc([N+](=O)[O-])cc4)n32)C1. The van der Waals surface area contributed by atoms with Crippen molar-refractivity contribution in [1.29, 1.82) is 0 Å². The van der Waals surface area contributed by atoms with Crippen LogP contribution in [0.4, 0.5) is 5.69 Å². The lowest BCUT2D eigenvalue weighted by Gasteiger charge is -2.19. The number of fused-ring (bicyclic) bond motifs is 5. The van der Waals surface area contributed by atoms with Gasteiger partial charge in [-0.15, -0.1) is 21.5 Å². The highest BCUT2D eigenvalue weighted by Crippen LogP contribution is 2.34. The van der Waals surface area contributed by atoms with Gasteiger partial charge in [0.1, 0.15) is 11.4 Å². The highest BCUT2D eigenvalue weighted by Gasteiger charge is 2.28. The van der Waals surface area contributed by atoms with Gasteiger partial charge in [-0.2, -0.15) is 0 Å². The number of nitro groups is 1. The molecular formula is C24H21N6O3S2+. The number of thiophene rings is 1. The van der Waals surface area contributed by atoms with E-state index in [9.17, 15) is 14.9 Å². The summed E-state index contributed by atoms with van der Waals surface area (Å²) in [6.45, 7) is 1.89. The van der Waals surface area contributed by atoms with E-state index in [2.05, 4.69) is 17.2 Å². The molecule has 0 saturated carbocycles. The average molecular weight is 506 g/mol. The van der Waals surface area contributed by atoms with Crippen LogP contribution >= 0.6 is 23.1 Å². The Morgan fingerprint density at radius 1 is 1.14 bits per heavy atom. The van der Waals surface area contributed by atoms with E-state index in [1.807, 2.05) is 34.7 Å². The van der Waals surface area contributed by atoms with Gasteiger partial charge < -0.3 is 4.90 Å². The highest BCUT2D eigenvalue weighted by atomic mass is 32.2. The summed E-state index contributed by atoms with van der Waals surface area (Å²) in [5.74, 6) is 1.06. The number of benzene rings is 2. The maximum atomic E-state index is 13.9. The molecule has 176 valence electrons. The van der Waals surface area contributed by atoms with Gasteiger partial charge in [0.25, 0.3) is 11.2 Å². The van der Waals surface area contributed by atoms with E-state index >= 15 is 0 Å². The number of nitrogens with zero attached hydrogens (tertiary/aromatic N) is 5. The van der Waals surface area contributed by atoms with Crippen LogP contribution in [0.25, 0.3) is 21.7 Å². The van der Waals surface area contributed by atoms with E-state index in [4.69, 9.17) is 0 Å². The van der Waals surface area contributed by atoms with Gasteiger partial charge in [-0.3, -0.25) is 14.9 Å². The van der Waals surface area contributed by atoms with E-state index in [0.717, 1.165) is 46.5 Å². The highest BCUT2D eigenvalue weighted by molar-refractivity contribution is 7.98. The zero-order valence-electron chi connectivity index (χ0n) is 18.8. The molecule has 11 heteroatoms. The summed E-state index contributed by atoms with van der Waals surface area (Å²) >= 11 is 3.16. The number of nitrogens with one attached hydrogen (secondary N) is 1. The number of aromatic nitrogens is 4. The minimum atomic E-state index is -0.403. The van der Waals surface area contributed by atoms with Crippen molar-refractivity contribution in [2.75, 3.05) is 13.6 Å². The van der Waals surface area contributed by atoms with Crippen LogP contribution < -0.4 is 10.5 Å². The predicted molar refractivity (Wildman–Crippen MR) is 136 cm³/mol. The molecular weight excluding hydrogens is 484 g/mol. The lowest BCUT2D eigenvalue weighted by molar-refractivity contribution is -0.895. The smallest absolute Gasteiger partial charge is 0.269 e. The van der Waals surface area contributed by atoms with Crippen LogP contribution in [0.5, 0.6) is 0 Å². The Kier molecular flexibility index (Phi) is 5.39. The number of hydrogen-bond donors (Lipinski definition) is 1. The number of nitro benzene ring substituents is 1. The molecule has 3 aromatic heterocycles. The fraction of sp³-hybridized carbons (Fsp3) is 0.208. The fourth-order valence-electron chi connectivity index (χ4n) is 4.54. The summed E-state index contributed by atoms with van der Waals surface area (Å²) in [5, 5.41) is 21.3. The van der Waals surface area contributed by atoms with Gasteiger partial charge in [0, 0.05) is 24.3 Å². The van der Waals surface area contributed by atoms with Gasteiger partial charge in [0.2, 0.25) is 5.78 Å². The zero-order chi connectivity index (χ0) is 24.1. The first kappa shape index (κ1) is 22.0. The van der Waals surface area contributed by atoms with Crippen molar-refractivity contribution in [1.82, 2.24) is 19.2 Å². The van der Waals surface area contributed by atoms with Crippen LogP contribution in [0.2, 0.25) is 0 Å². The first-order valence-corrected chi connectivity index (χ1v) is 13.0. The third kappa shape index (κ3) is 3.72. The van der Waals surface area contributed by atoms with Gasteiger partial charge in [0.05, 0.1) is 34.5 Å². The quantitative estimate of drug-likeness (QED) is 0.224. The molecule has 1 atom stereocenters. The monoisotopic (exact) mass is 505 g/mol. The van der Waals surface area contributed by atoms with E-state index in [0.29, 0.717) is 16.7 Å². The van der Waals surface area contributed by atoms with Crippen LogP contribution in [0.1, 0.15) is 16.0 Å². The minimum Gasteiger partial charge on any atom is -0.333 e. The molecule has 9 nitrogen and oxygen atoms in total. The minimum absolute atomic E-state index is 0.0601. The normalized spacial score (nSPS) is 15.5. The fourth-order valence-corrected chi connectivity index (χ4v) is 6.93.